The predicted octanol–water partition coefficient (Wildman–Crippen LogP) is 1.02. The molecule has 0 bridgehead atoms. The second-order valence-corrected chi connectivity index (χ2v) is 0.852. The zero-order valence-electron chi connectivity index (χ0n) is 12.4. The van der Waals surface area contributed by atoms with E-state index in [1.54, 1.807) is 0 Å². The molecule has 1 N–H and O–H groups in total. The lowest BCUT2D eigenvalue weighted by atomic mass is 10.2. The van der Waals surface area contributed by atoms with E-state index in [4.69, 9.17) is 12.4 Å². The van der Waals surface area contributed by atoms with Gasteiger partial charge >= 0.3 is 0 Å². The summed E-state index contributed by atoms with van der Waals surface area (Å²) in [6.45, 7) is -5.45. The van der Waals surface area contributed by atoms with Gasteiger partial charge in [0.2, 0.25) is 1.43 Å². The normalized spacial score (nSPS) is 48.5. The number of hydrogen-bond donors (Lipinski definition) is 1. The standard InChI is InChI=1S/C5H12O/c1-5(2)3-4-6/h5-6H,3-4H2,1-2H3/i1D3,3D2,4D2,5D,6D. The van der Waals surface area contributed by atoms with Gasteiger partial charge in [0.05, 0.1) is 2.74 Å². The van der Waals surface area contributed by atoms with Crippen molar-refractivity contribution >= 4 is 0 Å². The maximum Gasteiger partial charge on any atom is 0.210 e. The first-order valence-corrected chi connectivity index (χ1v) is 1.45. The van der Waals surface area contributed by atoms with Crippen molar-refractivity contribution < 1.29 is 16.1 Å². The van der Waals surface area contributed by atoms with Crippen molar-refractivity contribution in [3.8, 4) is 0 Å². The van der Waals surface area contributed by atoms with Gasteiger partial charge in [-0.05, 0) is 12.3 Å². The van der Waals surface area contributed by atoms with E-state index >= 15 is 0 Å². The van der Waals surface area contributed by atoms with Crippen LogP contribution < -0.4 is 0 Å². The molecule has 0 amide bonds. The fourth-order valence-corrected chi connectivity index (χ4v) is 0.0765. The molecule has 0 aromatic heterocycles. The Hall–Kier alpha value is -0.0400. The Morgan fingerprint density at radius 1 is 2.50 bits per heavy atom. The van der Waals surface area contributed by atoms with Crippen LogP contribution >= 0.6 is 0 Å². The van der Waals surface area contributed by atoms with Crippen LogP contribution in [-0.2, 0) is 0 Å². The second kappa shape index (κ2) is 3.16. The molecule has 0 spiro atoms. The van der Waals surface area contributed by atoms with Gasteiger partial charge in [0.15, 0.2) is 0 Å². The van der Waals surface area contributed by atoms with E-state index < -0.39 is 25.7 Å². The first-order valence-electron chi connectivity index (χ1n) is 5.86. The van der Waals surface area contributed by atoms with E-state index in [0.29, 0.717) is 0 Å². The molecule has 0 saturated heterocycles. The van der Waals surface area contributed by atoms with Gasteiger partial charge in [0.25, 0.3) is 0 Å². The van der Waals surface area contributed by atoms with E-state index in [9.17, 15) is 0 Å². The van der Waals surface area contributed by atoms with Crippen LogP contribution in [0.25, 0.3) is 0 Å². The largest absolute Gasteiger partial charge is 0.396 e. The molecule has 0 rings (SSSR count). The number of aliphatic hydroxyl groups is 1. The fraction of sp³-hybridized carbons (Fsp3) is 1.00. The summed E-state index contributed by atoms with van der Waals surface area (Å²) >= 11 is 0. The molecule has 0 aliphatic rings. The van der Waals surface area contributed by atoms with E-state index in [2.05, 4.69) is 5.11 Å². The molecule has 0 aliphatic carbocycles. The summed E-state index contributed by atoms with van der Waals surface area (Å²) in [5.41, 5.74) is 0. The van der Waals surface area contributed by atoms with Crippen LogP contribution in [-0.4, -0.2) is 13.1 Å². The molecule has 0 aromatic carbocycles. The third-order valence-electron chi connectivity index (χ3n) is 0.239. The molecule has 1 heteroatoms. The minimum Gasteiger partial charge on any atom is -0.396 e. The molecule has 1 atom stereocenters. The summed E-state index contributed by atoms with van der Waals surface area (Å²) in [5, 5.41) is 3.52. The monoisotopic (exact) mass is 97.1 g/mol. The quantitative estimate of drug-likeness (QED) is 0.557. The summed E-state index contributed by atoms with van der Waals surface area (Å²) in [7, 11) is 0. The average molecular weight is 97.2 g/mol. The van der Waals surface area contributed by atoms with Crippen LogP contribution in [0.1, 0.15) is 31.1 Å². The van der Waals surface area contributed by atoms with E-state index in [1.807, 2.05) is 0 Å². The molecule has 0 fully saturated rings. The Kier molecular flexibility index (Phi) is 0.396. The molecule has 0 aliphatic heterocycles. The number of hydrogen-bond acceptors (Lipinski definition) is 1. The van der Waals surface area contributed by atoms with E-state index in [1.165, 1.54) is 0 Å². The molecular weight excluding hydrogens is 76.1 g/mol. The van der Waals surface area contributed by atoms with Gasteiger partial charge in [0, 0.05) is 14.8 Å². The Bertz CT molecular complexity index is 229. The maximum absolute atomic E-state index is 7.40. The highest BCUT2D eigenvalue weighted by Crippen LogP contribution is 1.94. The van der Waals surface area contributed by atoms with Gasteiger partial charge in [0.1, 0.15) is 0 Å². The predicted molar refractivity (Wildman–Crippen MR) is 26.5 cm³/mol. The summed E-state index contributed by atoms with van der Waals surface area (Å²) in [6, 6.07) is 0. The molecule has 0 saturated carbocycles. The molecule has 1 unspecified atom stereocenters. The highest BCUT2D eigenvalue weighted by Gasteiger charge is 1.86. The number of rotatable bonds is 3. The second-order valence-electron chi connectivity index (χ2n) is 0.852. The lowest BCUT2D eigenvalue weighted by molar-refractivity contribution is 0.268. The van der Waals surface area contributed by atoms with Gasteiger partial charge in [-0.25, -0.2) is 0 Å². The van der Waals surface area contributed by atoms with Crippen LogP contribution in [0, 0.1) is 5.89 Å². The minimum atomic E-state index is -3.17. The van der Waals surface area contributed by atoms with Crippen molar-refractivity contribution in [2.45, 2.75) is 20.1 Å². The zero-order chi connectivity index (χ0) is 12.7. The lowest BCUT2D eigenvalue weighted by Crippen LogP contribution is -1.89. The molecule has 0 heterocycles. The third kappa shape index (κ3) is 3.96. The lowest BCUT2D eigenvalue weighted by Gasteiger charge is -1.95. The summed E-state index contributed by atoms with van der Waals surface area (Å²) in [4.78, 5) is 0. The summed E-state index contributed by atoms with van der Waals surface area (Å²) in [6.07, 6.45) is -3.15. The Balaban J connectivity index is 5.38. The van der Waals surface area contributed by atoms with Crippen LogP contribution in [0.5, 0.6) is 0 Å². The molecule has 0 radical (unpaired) electrons. The van der Waals surface area contributed by atoms with Crippen molar-refractivity contribution in [1.82, 2.24) is 0 Å². The van der Waals surface area contributed by atoms with Crippen molar-refractivity contribution in [2.24, 2.45) is 5.89 Å². The Morgan fingerprint density at radius 2 is 3.33 bits per heavy atom. The molecular formula is C5H12O. The van der Waals surface area contributed by atoms with E-state index in [-0.39, 0.29) is 0 Å². The Morgan fingerprint density at radius 3 is 3.83 bits per heavy atom. The first kappa shape index (κ1) is 0.752. The van der Waals surface area contributed by atoms with E-state index in [0.717, 1.165) is 6.92 Å². The summed E-state index contributed by atoms with van der Waals surface area (Å²) < 4.78 is 63.3. The van der Waals surface area contributed by atoms with Crippen LogP contribution in [0.4, 0.5) is 0 Å². The third-order valence-corrected chi connectivity index (χ3v) is 0.239. The van der Waals surface area contributed by atoms with Crippen LogP contribution in [0.2, 0.25) is 0 Å². The molecule has 1 nitrogen and oxygen atoms in total. The fourth-order valence-electron chi connectivity index (χ4n) is 0.0765. The SMILES string of the molecule is [2H]OC([2H])([2H])C([2H])([2H])C([2H])(C)C([2H])([2H])[2H]. The van der Waals surface area contributed by atoms with Crippen molar-refractivity contribution in [3.63, 3.8) is 0 Å². The van der Waals surface area contributed by atoms with Gasteiger partial charge in [-0.15, -0.1) is 0 Å². The highest BCUT2D eigenvalue weighted by atomic mass is 16.2. The van der Waals surface area contributed by atoms with Crippen molar-refractivity contribution in [2.75, 3.05) is 6.56 Å². The molecule has 0 aromatic rings. The maximum atomic E-state index is 7.40. The topological polar surface area (TPSA) is 20.2 Å². The van der Waals surface area contributed by atoms with Crippen LogP contribution in [0.15, 0.2) is 0 Å². The zero-order valence-corrected chi connectivity index (χ0v) is 3.41. The average Bonchev–Trinajstić information content (AvgIpc) is 2.01. The summed E-state index contributed by atoms with van der Waals surface area (Å²) in [5.74, 6) is -2.72. The molecule has 6 heavy (non-hydrogen) atoms. The first-order chi connectivity index (χ1) is 6.31. The van der Waals surface area contributed by atoms with Gasteiger partial charge in [-0.2, -0.15) is 0 Å². The molecule has 38 valence electrons. The van der Waals surface area contributed by atoms with Crippen LogP contribution in [0.3, 0.4) is 0 Å². The van der Waals surface area contributed by atoms with Gasteiger partial charge in [-0.3, -0.25) is 0 Å². The van der Waals surface area contributed by atoms with Gasteiger partial charge < -0.3 is 5.11 Å². The smallest absolute Gasteiger partial charge is 0.210 e. The van der Waals surface area contributed by atoms with Crippen molar-refractivity contribution in [3.05, 3.63) is 0 Å². The van der Waals surface area contributed by atoms with Gasteiger partial charge in [-0.1, -0.05) is 13.8 Å². The minimum absolute atomic E-state index is 0.747. The van der Waals surface area contributed by atoms with Crippen molar-refractivity contribution in [1.29, 1.82) is 1.43 Å². The highest BCUT2D eigenvalue weighted by molar-refractivity contribution is 4.38. The Labute approximate surface area is 51.7 Å².